The Morgan fingerprint density at radius 3 is 2.56 bits per heavy atom. The zero-order valence-electron chi connectivity index (χ0n) is 16.1. The average molecular weight is 366 g/mol. The van der Waals surface area contributed by atoms with Crippen molar-refractivity contribution in [3.63, 3.8) is 0 Å². The lowest BCUT2D eigenvalue weighted by Gasteiger charge is -2.22. The summed E-state index contributed by atoms with van der Waals surface area (Å²) in [4.78, 5) is 6.75. The molecule has 2 aromatic heterocycles. The van der Waals surface area contributed by atoms with E-state index in [0.717, 1.165) is 41.6 Å². The fourth-order valence-electron chi connectivity index (χ4n) is 2.94. The minimum absolute atomic E-state index is 0.0851. The number of hydrogen-bond donors (Lipinski definition) is 0. The van der Waals surface area contributed by atoms with Gasteiger partial charge in [0.2, 0.25) is 0 Å². The predicted molar refractivity (Wildman–Crippen MR) is 105 cm³/mol. The second kappa shape index (κ2) is 9.24. The van der Waals surface area contributed by atoms with Gasteiger partial charge in [-0.1, -0.05) is 12.1 Å². The molecule has 1 aromatic carbocycles. The Morgan fingerprint density at radius 1 is 1.00 bits per heavy atom. The summed E-state index contributed by atoms with van der Waals surface area (Å²) in [6.45, 7) is 6.20. The summed E-state index contributed by atoms with van der Waals surface area (Å²) in [6, 6.07) is 16.0. The molecule has 0 fully saturated rings. The SMILES string of the molecule is COc1ccc(CN(Cc2ccccn2)Cc2ccco2)cc1OC(C)C. The van der Waals surface area contributed by atoms with Gasteiger partial charge in [-0.25, -0.2) is 0 Å². The summed E-state index contributed by atoms with van der Waals surface area (Å²) in [5.41, 5.74) is 2.17. The third kappa shape index (κ3) is 5.59. The fourth-order valence-corrected chi connectivity index (χ4v) is 2.94. The van der Waals surface area contributed by atoms with Crippen LogP contribution in [0.15, 0.2) is 65.4 Å². The van der Waals surface area contributed by atoms with E-state index in [2.05, 4.69) is 16.0 Å². The van der Waals surface area contributed by atoms with Gasteiger partial charge in [-0.15, -0.1) is 0 Å². The van der Waals surface area contributed by atoms with E-state index in [1.807, 2.05) is 62.5 Å². The first-order valence-electron chi connectivity index (χ1n) is 9.12. The van der Waals surface area contributed by atoms with Crippen molar-refractivity contribution in [2.45, 2.75) is 39.6 Å². The van der Waals surface area contributed by atoms with E-state index < -0.39 is 0 Å². The van der Waals surface area contributed by atoms with Crippen LogP contribution >= 0.6 is 0 Å². The molecule has 0 spiro atoms. The Morgan fingerprint density at radius 2 is 1.89 bits per heavy atom. The number of pyridine rings is 1. The lowest BCUT2D eigenvalue weighted by Crippen LogP contribution is -2.22. The normalized spacial score (nSPS) is 11.1. The van der Waals surface area contributed by atoms with Crippen LogP contribution < -0.4 is 9.47 Å². The fraction of sp³-hybridized carbons (Fsp3) is 0.318. The van der Waals surface area contributed by atoms with Gasteiger partial charge in [0.15, 0.2) is 11.5 Å². The quantitative estimate of drug-likeness (QED) is 0.551. The standard InChI is InChI=1S/C22H26N2O3/c1-17(2)27-22-13-18(9-10-21(22)25-3)14-24(16-20-8-6-12-26-20)15-19-7-4-5-11-23-19/h4-13,17H,14-16H2,1-3H3. The monoisotopic (exact) mass is 366 g/mol. The Hall–Kier alpha value is -2.79. The molecule has 0 bridgehead atoms. The molecule has 3 rings (SSSR count). The first-order valence-corrected chi connectivity index (χ1v) is 9.12. The highest BCUT2D eigenvalue weighted by molar-refractivity contribution is 5.43. The van der Waals surface area contributed by atoms with Gasteiger partial charge < -0.3 is 13.9 Å². The molecule has 0 unspecified atom stereocenters. The molecule has 0 radical (unpaired) electrons. The van der Waals surface area contributed by atoms with Crippen LogP contribution in [0.1, 0.15) is 30.9 Å². The van der Waals surface area contributed by atoms with Crippen LogP contribution in [0.25, 0.3) is 0 Å². The number of rotatable bonds is 9. The van der Waals surface area contributed by atoms with E-state index in [4.69, 9.17) is 13.9 Å². The van der Waals surface area contributed by atoms with Crippen LogP contribution in [-0.4, -0.2) is 23.1 Å². The molecule has 0 aliphatic rings. The van der Waals surface area contributed by atoms with Gasteiger partial charge >= 0.3 is 0 Å². The Balaban J connectivity index is 1.80. The summed E-state index contributed by atoms with van der Waals surface area (Å²) in [6.07, 6.45) is 3.61. The zero-order chi connectivity index (χ0) is 19.1. The average Bonchev–Trinajstić information content (AvgIpc) is 3.15. The Labute approximate surface area is 160 Å². The van der Waals surface area contributed by atoms with Crippen molar-refractivity contribution >= 4 is 0 Å². The number of furan rings is 1. The third-order valence-corrected chi connectivity index (χ3v) is 4.07. The van der Waals surface area contributed by atoms with Crippen LogP contribution in [-0.2, 0) is 19.6 Å². The molecule has 142 valence electrons. The summed E-state index contributed by atoms with van der Waals surface area (Å²) >= 11 is 0. The molecule has 3 aromatic rings. The van der Waals surface area contributed by atoms with Crippen molar-refractivity contribution in [2.24, 2.45) is 0 Å². The van der Waals surface area contributed by atoms with Crippen LogP contribution in [0.5, 0.6) is 11.5 Å². The molecule has 5 heteroatoms. The van der Waals surface area contributed by atoms with Crippen molar-refractivity contribution in [2.75, 3.05) is 7.11 Å². The van der Waals surface area contributed by atoms with Crippen LogP contribution in [0.4, 0.5) is 0 Å². The second-order valence-electron chi connectivity index (χ2n) is 6.70. The van der Waals surface area contributed by atoms with E-state index in [1.165, 1.54) is 0 Å². The highest BCUT2D eigenvalue weighted by Gasteiger charge is 2.13. The number of benzene rings is 1. The van der Waals surface area contributed by atoms with E-state index >= 15 is 0 Å². The van der Waals surface area contributed by atoms with Gasteiger partial charge in [0, 0.05) is 19.3 Å². The number of aromatic nitrogens is 1. The minimum Gasteiger partial charge on any atom is -0.493 e. The maximum absolute atomic E-state index is 5.91. The molecule has 5 nitrogen and oxygen atoms in total. The molecule has 0 N–H and O–H groups in total. The van der Waals surface area contributed by atoms with Gasteiger partial charge in [-0.3, -0.25) is 9.88 Å². The first kappa shape index (κ1) is 19.0. The van der Waals surface area contributed by atoms with E-state index in [9.17, 15) is 0 Å². The minimum atomic E-state index is 0.0851. The van der Waals surface area contributed by atoms with E-state index in [0.29, 0.717) is 6.54 Å². The largest absolute Gasteiger partial charge is 0.493 e. The lowest BCUT2D eigenvalue weighted by molar-refractivity contribution is 0.219. The molecule has 27 heavy (non-hydrogen) atoms. The number of nitrogens with zero attached hydrogens (tertiary/aromatic N) is 2. The molecule has 0 saturated carbocycles. The van der Waals surface area contributed by atoms with E-state index in [-0.39, 0.29) is 6.10 Å². The molecular weight excluding hydrogens is 340 g/mol. The molecule has 0 aliphatic carbocycles. The molecule has 0 saturated heterocycles. The predicted octanol–water partition coefficient (Wildman–Crippen LogP) is 4.67. The first-order chi connectivity index (χ1) is 13.1. The van der Waals surface area contributed by atoms with Crippen molar-refractivity contribution in [3.05, 3.63) is 78.0 Å². The number of hydrogen-bond acceptors (Lipinski definition) is 5. The zero-order valence-corrected chi connectivity index (χ0v) is 16.1. The number of ether oxygens (including phenoxy) is 2. The molecule has 0 aliphatic heterocycles. The van der Waals surface area contributed by atoms with Crippen molar-refractivity contribution in [1.82, 2.24) is 9.88 Å². The topological polar surface area (TPSA) is 47.7 Å². The lowest BCUT2D eigenvalue weighted by atomic mass is 10.1. The van der Waals surface area contributed by atoms with Gasteiger partial charge in [0.1, 0.15) is 5.76 Å². The number of methoxy groups -OCH3 is 1. The maximum atomic E-state index is 5.91. The Bertz CT molecular complexity index is 817. The van der Waals surface area contributed by atoms with Crippen molar-refractivity contribution < 1.29 is 13.9 Å². The molecule has 0 amide bonds. The summed E-state index contributed by atoms with van der Waals surface area (Å²) in [5.74, 6) is 2.44. The maximum Gasteiger partial charge on any atom is 0.161 e. The van der Waals surface area contributed by atoms with Crippen molar-refractivity contribution in [1.29, 1.82) is 0 Å². The smallest absolute Gasteiger partial charge is 0.161 e. The highest BCUT2D eigenvalue weighted by atomic mass is 16.5. The van der Waals surface area contributed by atoms with Gasteiger partial charge in [0.25, 0.3) is 0 Å². The summed E-state index contributed by atoms with van der Waals surface area (Å²) < 4.78 is 16.9. The van der Waals surface area contributed by atoms with Gasteiger partial charge in [0.05, 0.1) is 31.7 Å². The Kier molecular flexibility index (Phi) is 6.49. The second-order valence-corrected chi connectivity index (χ2v) is 6.70. The van der Waals surface area contributed by atoms with Crippen LogP contribution in [0.2, 0.25) is 0 Å². The van der Waals surface area contributed by atoms with Crippen molar-refractivity contribution in [3.8, 4) is 11.5 Å². The molecular formula is C22H26N2O3. The van der Waals surface area contributed by atoms with E-state index in [1.54, 1.807) is 13.4 Å². The highest BCUT2D eigenvalue weighted by Crippen LogP contribution is 2.30. The van der Waals surface area contributed by atoms with Gasteiger partial charge in [-0.2, -0.15) is 0 Å². The van der Waals surface area contributed by atoms with Crippen LogP contribution in [0, 0.1) is 0 Å². The van der Waals surface area contributed by atoms with Crippen LogP contribution in [0.3, 0.4) is 0 Å². The molecule has 0 atom stereocenters. The summed E-state index contributed by atoms with van der Waals surface area (Å²) in [5, 5.41) is 0. The van der Waals surface area contributed by atoms with Gasteiger partial charge in [-0.05, 0) is 55.8 Å². The molecule has 2 heterocycles. The third-order valence-electron chi connectivity index (χ3n) is 4.07. The summed E-state index contributed by atoms with van der Waals surface area (Å²) in [7, 11) is 1.66.